The number of nitrogens with zero attached hydrogens (tertiary/aromatic N) is 1. The fraction of sp³-hybridized carbons (Fsp3) is 0.154. The Morgan fingerprint density at radius 3 is 2.86 bits per heavy atom. The summed E-state index contributed by atoms with van der Waals surface area (Å²) in [6, 6.07) is 3.66. The van der Waals surface area contributed by atoms with E-state index >= 15 is 0 Å². The van der Waals surface area contributed by atoms with Gasteiger partial charge in [0.2, 0.25) is 0 Å². The molecule has 0 aliphatic heterocycles. The lowest BCUT2D eigenvalue weighted by atomic mass is 10.1. The standard InChI is InChI=1S/C13H11BrClN3O3/c14-10-2-1-7(15)3-9(10)12(19)18-11(13(20)21)4-8-5-16-6-17-8/h1-3,5-6,11H,4H2,(H,16,17)(H,18,19)(H,20,21)/t11-/m0/s1. The smallest absolute Gasteiger partial charge is 0.326 e. The Morgan fingerprint density at radius 2 is 2.24 bits per heavy atom. The molecule has 8 heteroatoms. The van der Waals surface area contributed by atoms with E-state index in [1.165, 1.54) is 18.6 Å². The number of halogens is 2. The van der Waals surface area contributed by atoms with Gasteiger partial charge < -0.3 is 15.4 Å². The zero-order valence-corrected chi connectivity index (χ0v) is 13.0. The van der Waals surface area contributed by atoms with Crippen LogP contribution < -0.4 is 5.32 Å². The van der Waals surface area contributed by atoms with E-state index in [2.05, 4.69) is 31.2 Å². The summed E-state index contributed by atoms with van der Waals surface area (Å²) >= 11 is 9.08. The number of hydrogen-bond acceptors (Lipinski definition) is 3. The molecule has 110 valence electrons. The Kier molecular flexibility index (Phi) is 4.98. The lowest BCUT2D eigenvalue weighted by Crippen LogP contribution is -2.42. The van der Waals surface area contributed by atoms with Gasteiger partial charge in [-0.05, 0) is 34.1 Å². The van der Waals surface area contributed by atoms with Gasteiger partial charge >= 0.3 is 5.97 Å². The summed E-state index contributed by atoms with van der Waals surface area (Å²) in [4.78, 5) is 30.0. The second kappa shape index (κ2) is 6.73. The van der Waals surface area contributed by atoms with Crippen molar-refractivity contribution in [2.45, 2.75) is 12.5 Å². The minimum absolute atomic E-state index is 0.110. The van der Waals surface area contributed by atoms with Crippen molar-refractivity contribution < 1.29 is 14.7 Å². The third-order valence-corrected chi connectivity index (χ3v) is 3.68. The Balaban J connectivity index is 2.14. The number of hydrogen-bond donors (Lipinski definition) is 3. The predicted molar refractivity (Wildman–Crippen MR) is 80.3 cm³/mol. The molecule has 21 heavy (non-hydrogen) atoms. The number of aliphatic carboxylic acids is 1. The van der Waals surface area contributed by atoms with Gasteiger partial charge in [-0.3, -0.25) is 4.79 Å². The van der Waals surface area contributed by atoms with Gasteiger partial charge in [0.05, 0.1) is 11.9 Å². The van der Waals surface area contributed by atoms with Crippen molar-refractivity contribution in [2.24, 2.45) is 0 Å². The molecule has 2 rings (SSSR count). The number of imidazole rings is 1. The number of carbonyl (C=O) groups excluding carboxylic acids is 1. The molecule has 0 saturated heterocycles. The lowest BCUT2D eigenvalue weighted by Gasteiger charge is -2.14. The van der Waals surface area contributed by atoms with Crippen LogP contribution in [0.3, 0.4) is 0 Å². The predicted octanol–water partition coefficient (Wildman–Crippen LogP) is 2.25. The van der Waals surface area contributed by atoms with Gasteiger partial charge in [0.25, 0.3) is 5.91 Å². The number of rotatable bonds is 5. The van der Waals surface area contributed by atoms with Crippen LogP contribution in [0.5, 0.6) is 0 Å². The summed E-state index contributed by atoms with van der Waals surface area (Å²) in [5, 5.41) is 12.1. The van der Waals surface area contributed by atoms with Crippen molar-refractivity contribution in [3.63, 3.8) is 0 Å². The second-order valence-corrected chi connectivity index (χ2v) is 5.56. The quantitative estimate of drug-likeness (QED) is 0.750. The zero-order valence-electron chi connectivity index (χ0n) is 10.6. The van der Waals surface area contributed by atoms with Gasteiger partial charge in [-0.2, -0.15) is 0 Å². The highest BCUT2D eigenvalue weighted by Crippen LogP contribution is 2.21. The van der Waals surface area contributed by atoms with E-state index in [9.17, 15) is 14.7 Å². The second-order valence-electron chi connectivity index (χ2n) is 4.27. The largest absolute Gasteiger partial charge is 0.480 e. The third-order valence-electron chi connectivity index (χ3n) is 2.76. The first-order valence-corrected chi connectivity index (χ1v) is 7.10. The molecular weight excluding hydrogens is 362 g/mol. The van der Waals surface area contributed by atoms with Crippen molar-refractivity contribution in [3.05, 3.63) is 51.5 Å². The monoisotopic (exact) mass is 371 g/mol. The summed E-state index contributed by atoms with van der Waals surface area (Å²) in [6.45, 7) is 0. The SMILES string of the molecule is O=C(N[C@@H](Cc1cnc[nH]1)C(=O)O)c1cc(Cl)ccc1Br. The molecule has 2 aromatic rings. The van der Waals surface area contributed by atoms with E-state index in [0.717, 1.165) is 0 Å². The van der Waals surface area contributed by atoms with Crippen LogP contribution in [0, 0.1) is 0 Å². The van der Waals surface area contributed by atoms with Gasteiger partial charge in [-0.15, -0.1) is 0 Å². The van der Waals surface area contributed by atoms with Crippen LogP contribution in [0.15, 0.2) is 35.2 Å². The zero-order chi connectivity index (χ0) is 15.4. The summed E-state index contributed by atoms with van der Waals surface area (Å²) in [7, 11) is 0. The summed E-state index contributed by atoms with van der Waals surface area (Å²) in [5.41, 5.74) is 0.895. The number of nitrogens with one attached hydrogen (secondary N) is 2. The van der Waals surface area contributed by atoms with Gasteiger partial charge in [-0.1, -0.05) is 11.6 Å². The van der Waals surface area contributed by atoms with Gasteiger partial charge in [0.15, 0.2) is 0 Å². The number of carboxylic acid groups (broad SMARTS) is 1. The summed E-state index contributed by atoms with van der Waals surface area (Å²) < 4.78 is 0.537. The average Bonchev–Trinajstić information content (AvgIpc) is 2.93. The van der Waals surface area contributed by atoms with Crippen molar-refractivity contribution in [3.8, 4) is 0 Å². The summed E-state index contributed by atoms with van der Waals surface area (Å²) in [6.07, 6.45) is 3.07. The molecule has 1 atom stereocenters. The van der Waals surface area contributed by atoms with E-state index in [0.29, 0.717) is 15.2 Å². The van der Waals surface area contributed by atoms with Gasteiger partial charge in [0.1, 0.15) is 6.04 Å². The first kappa shape index (κ1) is 15.5. The molecule has 0 unspecified atom stereocenters. The lowest BCUT2D eigenvalue weighted by molar-refractivity contribution is -0.139. The Bertz CT molecular complexity index is 661. The average molecular weight is 373 g/mol. The molecule has 0 saturated carbocycles. The Hall–Kier alpha value is -1.86. The van der Waals surface area contributed by atoms with Crippen LogP contribution in [-0.2, 0) is 11.2 Å². The maximum absolute atomic E-state index is 12.2. The van der Waals surface area contributed by atoms with E-state index in [-0.39, 0.29) is 12.0 Å². The molecule has 0 radical (unpaired) electrons. The number of H-pyrrole nitrogens is 1. The van der Waals surface area contributed by atoms with Crippen LogP contribution in [0.2, 0.25) is 5.02 Å². The maximum atomic E-state index is 12.2. The summed E-state index contributed by atoms with van der Waals surface area (Å²) in [5.74, 6) is -1.65. The molecule has 0 spiro atoms. The molecule has 3 N–H and O–H groups in total. The number of carbonyl (C=O) groups is 2. The molecule has 1 heterocycles. The molecular formula is C13H11BrClN3O3. The number of aromatic amines is 1. The first-order chi connectivity index (χ1) is 9.97. The number of benzene rings is 1. The molecule has 1 aromatic heterocycles. The van der Waals surface area contributed by atoms with Crippen molar-refractivity contribution in [1.82, 2.24) is 15.3 Å². The van der Waals surface area contributed by atoms with Crippen molar-refractivity contribution >= 4 is 39.4 Å². The third kappa shape index (κ3) is 4.05. The highest BCUT2D eigenvalue weighted by molar-refractivity contribution is 9.10. The van der Waals surface area contributed by atoms with E-state index in [1.807, 2.05) is 0 Å². The van der Waals surface area contributed by atoms with Crippen LogP contribution in [0.25, 0.3) is 0 Å². The highest BCUT2D eigenvalue weighted by Gasteiger charge is 2.22. The number of aromatic nitrogens is 2. The van der Waals surface area contributed by atoms with Crippen LogP contribution in [-0.4, -0.2) is 33.0 Å². The minimum Gasteiger partial charge on any atom is -0.480 e. The molecule has 0 aliphatic carbocycles. The molecule has 1 amide bonds. The van der Waals surface area contributed by atoms with Crippen LogP contribution >= 0.6 is 27.5 Å². The Labute approximate surface area is 133 Å². The normalized spacial score (nSPS) is 11.9. The van der Waals surface area contributed by atoms with Crippen LogP contribution in [0.4, 0.5) is 0 Å². The molecule has 0 aliphatic rings. The fourth-order valence-corrected chi connectivity index (χ4v) is 2.32. The molecule has 0 bridgehead atoms. The van der Waals surface area contributed by atoms with Gasteiger partial charge in [-0.25, -0.2) is 9.78 Å². The first-order valence-electron chi connectivity index (χ1n) is 5.93. The van der Waals surface area contributed by atoms with E-state index in [1.54, 1.807) is 12.1 Å². The van der Waals surface area contributed by atoms with E-state index < -0.39 is 17.9 Å². The molecule has 0 fully saturated rings. The number of amides is 1. The van der Waals surface area contributed by atoms with Crippen molar-refractivity contribution in [1.29, 1.82) is 0 Å². The fourth-order valence-electron chi connectivity index (χ4n) is 1.72. The van der Waals surface area contributed by atoms with Crippen LogP contribution in [0.1, 0.15) is 16.1 Å². The molecule has 6 nitrogen and oxygen atoms in total. The maximum Gasteiger partial charge on any atom is 0.326 e. The van der Waals surface area contributed by atoms with Gasteiger partial charge in [0, 0.05) is 27.8 Å². The minimum atomic E-state index is -1.13. The topological polar surface area (TPSA) is 95.1 Å². The molecule has 1 aromatic carbocycles. The van der Waals surface area contributed by atoms with Crippen molar-refractivity contribution in [2.75, 3.05) is 0 Å². The Morgan fingerprint density at radius 1 is 1.48 bits per heavy atom. The van der Waals surface area contributed by atoms with E-state index in [4.69, 9.17) is 11.6 Å². The highest BCUT2D eigenvalue weighted by atomic mass is 79.9. The number of carboxylic acids is 1.